The topological polar surface area (TPSA) is 81.7 Å². The van der Waals surface area contributed by atoms with Crippen LogP contribution in [0.5, 0.6) is 0 Å². The fourth-order valence-electron chi connectivity index (χ4n) is 3.72. The van der Waals surface area contributed by atoms with Crippen molar-refractivity contribution in [2.24, 2.45) is 30.6 Å². The quantitative estimate of drug-likeness (QED) is 0.569. The Morgan fingerprint density at radius 1 is 1.47 bits per heavy atom. The third-order valence-electron chi connectivity index (χ3n) is 4.48. The Balaban J connectivity index is 1.67. The highest BCUT2D eigenvalue weighted by atomic mass is 15.6. The zero-order chi connectivity index (χ0) is 11.8. The van der Waals surface area contributed by atoms with E-state index in [1.807, 2.05) is 0 Å². The molecule has 4 atom stereocenters. The Hall–Kier alpha value is -1.01. The number of hydrazine groups is 1. The summed E-state index contributed by atoms with van der Waals surface area (Å²) in [6.45, 7) is 0. The Kier molecular flexibility index (Phi) is 2.84. The maximum absolute atomic E-state index is 5.71. The lowest BCUT2D eigenvalue weighted by Crippen LogP contribution is -2.44. The van der Waals surface area contributed by atoms with Crippen LogP contribution in [0.2, 0.25) is 0 Å². The minimum absolute atomic E-state index is 0.300. The third-order valence-corrected chi connectivity index (χ3v) is 4.48. The SMILES string of the molecule is Cn1nnc(CC(NN)C2CC3CCC2C3)n1. The minimum Gasteiger partial charge on any atom is -0.271 e. The van der Waals surface area contributed by atoms with Gasteiger partial charge in [0.25, 0.3) is 0 Å². The van der Waals surface area contributed by atoms with Crippen LogP contribution in [-0.4, -0.2) is 26.2 Å². The van der Waals surface area contributed by atoms with Crippen molar-refractivity contribution >= 4 is 0 Å². The Morgan fingerprint density at radius 2 is 2.35 bits per heavy atom. The van der Waals surface area contributed by atoms with Gasteiger partial charge in [-0.1, -0.05) is 6.42 Å². The van der Waals surface area contributed by atoms with E-state index in [-0.39, 0.29) is 0 Å². The molecule has 0 amide bonds. The number of hydrogen-bond donors (Lipinski definition) is 2. The Bertz CT molecular complexity index is 389. The van der Waals surface area contributed by atoms with Crippen LogP contribution in [0.4, 0.5) is 0 Å². The predicted molar refractivity (Wildman–Crippen MR) is 62.6 cm³/mol. The summed E-state index contributed by atoms with van der Waals surface area (Å²) in [4.78, 5) is 1.50. The van der Waals surface area contributed by atoms with Gasteiger partial charge in [0.05, 0.1) is 7.05 Å². The first-order valence-corrected chi connectivity index (χ1v) is 6.45. The van der Waals surface area contributed by atoms with Crippen molar-refractivity contribution in [3.63, 3.8) is 0 Å². The first-order chi connectivity index (χ1) is 8.26. The van der Waals surface area contributed by atoms with Crippen molar-refractivity contribution in [1.29, 1.82) is 0 Å². The molecule has 6 heteroatoms. The Labute approximate surface area is 101 Å². The number of tetrazole rings is 1. The van der Waals surface area contributed by atoms with Gasteiger partial charge in [0, 0.05) is 12.5 Å². The van der Waals surface area contributed by atoms with Crippen LogP contribution in [0, 0.1) is 17.8 Å². The van der Waals surface area contributed by atoms with E-state index in [2.05, 4.69) is 20.8 Å². The highest BCUT2D eigenvalue weighted by Crippen LogP contribution is 2.49. The third kappa shape index (κ3) is 2.07. The number of aryl methyl sites for hydroxylation is 1. The van der Waals surface area contributed by atoms with E-state index >= 15 is 0 Å². The summed E-state index contributed by atoms with van der Waals surface area (Å²) in [6, 6.07) is 0.300. The molecule has 0 aliphatic heterocycles. The van der Waals surface area contributed by atoms with Crippen LogP contribution in [0.3, 0.4) is 0 Å². The van der Waals surface area contributed by atoms with Gasteiger partial charge in [-0.05, 0) is 42.2 Å². The lowest BCUT2D eigenvalue weighted by molar-refractivity contribution is 0.246. The number of nitrogens with two attached hydrogens (primary N) is 1. The van der Waals surface area contributed by atoms with Gasteiger partial charge >= 0.3 is 0 Å². The van der Waals surface area contributed by atoms with Crippen molar-refractivity contribution in [2.75, 3.05) is 0 Å². The molecule has 2 fully saturated rings. The van der Waals surface area contributed by atoms with Crippen LogP contribution in [0.25, 0.3) is 0 Å². The van der Waals surface area contributed by atoms with Gasteiger partial charge in [0.1, 0.15) is 0 Å². The largest absolute Gasteiger partial charge is 0.271 e. The summed E-state index contributed by atoms with van der Waals surface area (Å²) < 4.78 is 0. The molecule has 2 bridgehead atoms. The van der Waals surface area contributed by atoms with E-state index < -0.39 is 0 Å². The van der Waals surface area contributed by atoms with Crippen molar-refractivity contribution < 1.29 is 0 Å². The van der Waals surface area contributed by atoms with E-state index in [1.165, 1.54) is 30.5 Å². The van der Waals surface area contributed by atoms with Gasteiger partial charge in [-0.15, -0.1) is 10.2 Å². The van der Waals surface area contributed by atoms with Crippen molar-refractivity contribution in [1.82, 2.24) is 25.6 Å². The molecule has 1 heterocycles. The van der Waals surface area contributed by atoms with Gasteiger partial charge < -0.3 is 0 Å². The number of fused-ring (bicyclic) bond motifs is 2. The second-order valence-electron chi connectivity index (χ2n) is 5.51. The molecule has 0 spiro atoms. The molecule has 2 aliphatic carbocycles. The fraction of sp³-hybridized carbons (Fsp3) is 0.909. The summed E-state index contributed by atoms with van der Waals surface area (Å²) in [6.07, 6.45) is 6.30. The highest BCUT2D eigenvalue weighted by Gasteiger charge is 2.43. The summed E-state index contributed by atoms with van der Waals surface area (Å²) in [5, 5.41) is 12.1. The van der Waals surface area contributed by atoms with Gasteiger partial charge in [-0.2, -0.15) is 4.80 Å². The van der Waals surface area contributed by atoms with E-state index in [9.17, 15) is 0 Å². The molecule has 17 heavy (non-hydrogen) atoms. The van der Waals surface area contributed by atoms with Gasteiger partial charge in [0.15, 0.2) is 5.82 Å². The zero-order valence-corrected chi connectivity index (χ0v) is 10.2. The lowest BCUT2D eigenvalue weighted by Gasteiger charge is -2.29. The molecular formula is C11H20N6. The lowest BCUT2D eigenvalue weighted by atomic mass is 9.82. The molecule has 94 valence electrons. The molecule has 0 saturated heterocycles. The molecule has 3 rings (SSSR count). The standard InChI is InChI=1S/C11H20N6/c1-17-15-11(14-16-17)6-10(13-12)9-5-7-2-3-8(9)4-7/h7-10,13H,2-6,12H2,1H3. The van der Waals surface area contributed by atoms with Crippen LogP contribution in [-0.2, 0) is 13.5 Å². The second-order valence-corrected chi connectivity index (χ2v) is 5.51. The predicted octanol–water partition coefficient (Wildman–Crippen LogP) is 0.0207. The average molecular weight is 236 g/mol. The first-order valence-electron chi connectivity index (χ1n) is 6.45. The number of aromatic nitrogens is 4. The molecule has 2 aliphatic rings. The molecule has 4 unspecified atom stereocenters. The Morgan fingerprint density at radius 3 is 2.88 bits per heavy atom. The number of nitrogens with one attached hydrogen (secondary N) is 1. The smallest absolute Gasteiger partial charge is 0.176 e. The maximum Gasteiger partial charge on any atom is 0.176 e. The number of nitrogens with zero attached hydrogens (tertiary/aromatic N) is 4. The number of hydrogen-bond acceptors (Lipinski definition) is 5. The van der Waals surface area contributed by atoms with Gasteiger partial charge in [-0.3, -0.25) is 11.3 Å². The second kappa shape index (κ2) is 4.34. The van der Waals surface area contributed by atoms with Crippen LogP contribution in [0.1, 0.15) is 31.5 Å². The van der Waals surface area contributed by atoms with Gasteiger partial charge in [-0.25, -0.2) is 0 Å². The molecule has 6 nitrogen and oxygen atoms in total. The molecule has 3 N–H and O–H groups in total. The van der Waals surface area contributed by atoms with Crippen molar-refractivity contribution in [3.05, 3.63) is 5.82 Å². The maximum atomic E-state index is 5.71. The fourth-order valence-corrected chi connectivity index (χ4v) is 3.72. The highest BCUT2D eigenvalue weighted by molar-refractivity contribution is 4.97. The molecule has 2 saturated carbocycles. The molecule has 1 aromatic rings. The van der Waals surface area contributed by atoms with Crippen LogP contribution in [0.15, 0.2) is 0 Å². The molecule has 1 aromatic heterocycles. The zero-order valence-electron chi connectivity index (χ0n) is 10.2. The summed E-state index contributed by atoms with van der Waals surface area (Å²) in [5.41, 5.74) is 2.97. The average Bonchev–Trinajstić information content (AvgIpc) is 3.01. The first kappa shape index (κ1) is 11.1. The van der Waals surface area contributed by atoms with Crippen LogP contribution < -0.4 is 11.3 Å². The molecule has 0 aromatic carbocycles. The molecule has 0 radical (unpaired) electrons. The monoisotopic (exact) mass is 236 g/mol. The van der Waals surface area contributed by atoms with Crippen LogP contribution >= 0.6 is 0 Å². The van der Waals surface area contributed by atoms with E-state index in [0.29, 0.717) is 12.0 Å². The van der Waals surface area contributed by atoms with E-state index in [4.69, 9.17) is 5.84 Å². The van der Waals surface area contributed by atoms with E-state index in [1.54, 1.807) is 7.05 Å². The normalized spacial score (nSPS) is 33.2. The number of rotatable bonds is 4. The molecular weight excluding hydrogens is 216 g/mol. The van der Waals surface area contributed by atoms with Crippen molar-refractivity contribution in [2.45, 2.75) is 38.1 Å². The van der Waals surface area contributed by atoms with Gasteiger partial charge in [0.2, 0.25) is 0 Å². The van der Waals surface area contributed by atoms with Crippen molar-refractivity contribution in [3.8, 4) is 0 Å². The summed E-state index contributed by atoms with van der Waals surface area (Å²) >= 11 is 0. The summed E-state index contributed by atoms with van der Waals surface area (Å²) in [7, 11) is 1.79. The van der Waals surface area contributed by atoms with E-state index in [0.717, 1.165) is 24.1 Å². The minimum atomic E-state index is 0.300. The summed E-state index contributed by atoms with van der Waals surface area (Å²) in [5.74, 6) is 8.99.